The van der Waals surface area contributed by atoms with E-state index in [0.717, 1.165) is 32.5 Å². The molecule has 0 amide bonds. The highest BCUT2D eigenvalue weighted by molar-refractivity contribution is 5.72. The number of benzene rings is 2. The minimum Gasteiger partial charge on any atom is -0.500 e. The molecule has 0 N–H and O–H groups in total. The Kier molecular flexibility index (Phi) is 8.72. The third kappa shape index (κ3) is 6.44. The Morgan fingerprint density at radius 3 is 2.35 bits per heavy atom. The number of ether oxygens (including phenoxy) is 2. The lowest BCUT2D eigenvalue weighted by atomic mass is 9.86. The third-order valence-corrected chi connectivity index (χ3v) is 6.07. The Hall–Kier alpha value is -2.59. The van der Waals surface area contributed by atoms with Crippen molar-refractivity contribution in [1.29, 1.82) is 0 Å². The van der Waals surface area contributed by atoms with Gasteiger partial charge in [0.05, 0.1) is 25.4 Å². The van der Waals surface area contributed by atoms with Crippen LogP contribution in [0.2, 0.25) is 0 Å². The molecule has 31 heavy (non-hydrogen) atoms. The second-order valence-corrected chi connectivity index (χ2v) is 8.28. The maximum Gasteiger partial charge on any atom is 0.310 e. The largest absolute Gasteiger partial charge is 0.500 e. The molecular formula is C27H35NO3. The summed E-state index contributed by atoms with van der Waals surface area (Å²) in [6, 6.07) is 17.1. The minimum absolute atomic E-state index is 0.00395. The van der Waals surface area contributed by atoms with E-state index in [4.69, 9.17) is 9.47 Å². The molecule has 3 rings (SSSR count). The van der Waals surface area contributed by atoms with Gasteiger partial charge in [0.1, 0.15) is 0 Å². The number of hydrogen-bond donors (Lipinski definition) is 0. The number of esters is 1. The van der Waals surface area contributed by atoms with Gasteiger partial charge in [-0.05, 0) is 68.5 Å². The van der Waals surface area contributed by atoms with E-state index in [1.807, 2.05) is 13.2 Å². The van der Waals surface area contributed by atoms with Crippen LogP contribution >= 0.6 is 0 Å². The van der Waals surface area contributed by atoms with Gasteiger partial charge in [-0.3, -0.25) is 9.69 Å². The van der Waals surface area contributed by atoms with Gasteiger partial charge in [-0.25, -0.2) is 0 Å². The molecule has 4 nitrogen and oxygen atoms in total. The maximum atomic E-state index is 12.0. The molecule has 4 heteroatoms. The lowest BCUT2D eigenvalue weighted by molar-refractivity contribution is -0.150. The molecule has 1 unspecified atom stereocenters. The normalized spacial score (nSPS) is 17.2. The molecule has 1 saturated heterocycles. The first-order chi connectivity index (χ1) is 15.1. The number of aryl methyl sites for hydroxylation is 2. The molecular weight excluding hydrogens is 386 g/mol. The zero-order chi connectivity index (χ0) is 22.1. The highest BCUT2D eigenvalue weighted by Crippen LogP contribution is 2.30. The predicted molar refractivity (Wildman–Crippen MR) is 125 cm³/mol. The summed E-state index contributed by atoms with van der Waals surface area (Å²) < 4.78 is 11.1. The van der Waals surface area contributed by atoms with Gasteiger partial charge < -0.3 is 9.47 Å². The number of carbonyl (C=O) groups excluding carboxylic acids is 1. The fraction of sp³-hybridized carbons (Fsp3) is 0.444. The van der Waals surface area contributed by atoms with Crippen molar-refractivity contribution in [3.05, 3.63) is 83.1 Å². The Morgan fingerprint density at radius 2 is 1.74 bits per heavy atom. The number of rotatable bonds is 9. The molecule has 166 valence electrons. The van der Waals surface area contributed by atoms with E-state index >= 15 is 0 Å². The Balaban J connectivity index is 1.59. The molecule has 0 aliphatic carbocycles. The van der Waals surface area contributed by atoms with Crippen LogP contribution in [-0.4, -0.2) is 43.7 Å². The van der Waals surface area contributed by atoms with E-state index in [0.29, 0.717) is 13.2 Å². The van der Waals surface area contributed by atoms with Gasteiger partial charge in [0, 0.05) is 19.0 Å². The summed E-state index contributed by atoms with van der Waals surface area (Å²) in [6.45, 7) is 9.84. The summed E-state index contributed by atoms with van der Waals surface area (Å²) in [5.74, 6) is 0.0913. The van der Waals surface area contributed by atoms with E-state index in [1.54, 1.807) is 0 Å². The maximum absolute atomic E-state index is 12.0. The van der Waals surface area contributed by atoms with Gasteiger partial charge in [0.25, 0.3) is 0 Å². The minimum atomic E-state index is -0.0627. The average Bonchev–Trinajstić information content (AvgIpc) is 2.78. The molecule has 2 aromatic carbocycles. The van der Waals surface area contributed by atoms with E-state index in [9.17, 15) is 4.79 Å². The van der Waals surface area contributed by atoms with Gasteiger partial charge in [-0.2, -0.15) is 0 Å². The lowest BCUT2D eigenvalue weighted by Gasteiger charge is -2.31. The second kappa shape index (κ2) is 11.7. The van der Waals surface area contributed by atoms with Crippen molar-refractivity contribution >= 4 is 5.97 Å². The van der Waals surface area contributed by atoms with Crippen molar-refractivity contribution < 1.29 is 14.3 Å². The van der Waals surface area contributed by atoms with Gasteiger partial charge in [0.15, 0.2) is 0 Å². The summed E-state index contributed by atoms with van der Waals surface area (Å²) in [4.78, 5) is 14.3. The van der Waals surface area contributed by atoms with Crippen molar-refractivity contribution in [2.45, 2.75) is 39.5 Å². The van der Waals surface area contributed by atoms with Gasteiger partial charge in [-0.15, -0.1) is 0 Å². The number of allylic oxidation sites excluding steroid dienone is 1. The molecule has 0 bridgehead atoms. The Bertz CT molecular complexity index is 831. The summed E-state index contributed by atoms with van der Waals surface area (Å²) in [6.07, 6.45) is 5.95. The first-order valence-corrected chi connectivity index (χ1v) is 11.4. The lowest BCUT2D eigenvalue weighted by Crippen LogP contribution is -2.40. The van der Waals surface area contributed by atoms with Crippen LogP contribution < -0.4 is 0 Å². The van der Waals surface area contributed by atoms with E-state index in [2.05, 4.69) is 73.4 Å². The molecule has 1 heterocycles. The van der Waals surface area contributed by atoms with Crippen molar-refractivity contribution in [2.75, 3.05) is 32.8 Å². The number of carbonyl (C=O) groups is 1. The van der Waals surface area contributed by atoms with Crippen LogP contribution in [0.4, 0.5) is 0 Å². The average molecular weight is 422 g/mol. The molecule has 0 aromatic heterocycles. The summed E-state index contributed by atoms with van der Waals surface area (Å²) in [7, 11) is 0. The topological polar surface area (TPSA) is 38.8 Å². The van der Waals surface area contributed by atoms with Crippen LogP contribution in [0.3, 0.4) is 0 Å². The van der Waals surface area contributed by atoms with Gasteiger partial charge in [0.2, 0.25) is 0 Å². The standard InChI is InChI=1S/C27H35NO3/c1-4-31-27(29)23-12-9-16-28(20-23)17-19-30-18-15-26(24-13-7-5-10-21(24)2)25-14-8-6-11-22(25)3/h5-8,10-11,13-15,18,23,26H,4,9,12,16-17,19-20H2,1-3H3. The summed E-state index contributed by atoms with van der Waals surface area (Å²) in [5.41, 5.74) is 5.15. The third-order valence-electron chi connectivity index (χ3n) is 6.07. The van der Waals surface area contributed by atoms with Crippen LogP contribution in [0.1, 0.15) is 47.9 Å². The van der Waals surface area contributed by atoms with Gasteiger partial charge >= 0.3 is 5.97 Å². The number of nitrogens with zero attached hydrogens (tertiary/aromatic N) is 1. The predicted octanol–water partition coefficient (Wildman–Crippen LogP) is 5.24. The number of likely N-dealkylation sites (tertiary alicyclic amines) is 1. The monoisotopic (exact) mass is 421 g/mol. The van der Waals surface area contributed by atoms with Crippen molar-refractivity contribution in [3.8, 4) is 0 Å². The van der Waals surface area contributed by atoms with E-state index in [-0.39, 0.29) is 17.8 Å². The Morgan fingerprint density at radius 1 is 1.10 bits per heavy atom. The Labute approximate surface area is 186 Å². The SMILES string of the molecule is CCOC(=O)C1CCCN(CCOC=CC(c2ccccc2C)c2ccccc2C)C1. The van der Waals surface area contributed by atoms with Gasteiger partial charge in [-0.1, -0.05) is 48.5 Å². The molecule has 1 aliphatic rings. The van der Waals surface area contributed by atoms with Crippen LogP contribution in [0.15, 0.2) is 60.9 Å². The van der Waals surface area contributed by atoms with Crippen molar-refractivity contribution in [3.63, 3.8) is 0 Å². The molecule has 1 fully saturated rings. The first kappa shape index (κ1) is 23.1. The molecule has 0 radical (unpaired) electrons. The highest BCUT2D eigenvalue weighted by atomic mass is 16.5. The first-order valence-electron chi connectivity index (χ1n) is 11.4. The summed E-state index contributed by atoms with van der Waals surface area (Å²) >= 11 is 0. The quantitative estimate of drug-likeness (QED) is 0.315. The van der Waals surface area contributed by atoms with Crippen LogP contribution in [-0.2, 0) is 14.3 Å². The molecule has 0 spiro atoms. The summed E-state index contributed by atoms with van der Waals surface area (Å²) in [5, 5.41) is 0. The fourth-order valence-corrected chi connectivity index (χ4v) is 4.34. The van der Waals surface area contributed by atoms with Crippen LogP contribution in [0, 0.1) is 19.8 Å². The van der Waals surface area contributed by atoms with Crippen molar-refractivity contribution in [2.24, 2.45) is 5.92 Å². The van der Waals surface area contributed by atoms with E-state index < -0.39 is 0 Å². The zero-order valence-corrected chi connectivity index (χ0v) is 19.0. The molecule has 0 saturated carbocycles. The molecule has 1 aliphatic heterocycles. The zero-order valence-electron chi connectivity index (χ0n) is 19.0. The van der Waals surface area contributed by atoms with E-state index in [1.165, 1.54) is 22.3 Å². The fourth-order valence-electron chi connectivity index (χ4n) is 4.34. The highest BCUT2D eigenvalue weighted by Gasteiger charge is 2.26. The number of hydrogen-bond acceptors (Lipinski definition) is 4. The molecule has 1 atom stereocenters. The number of piperidine rings is 1. The smallest absolute Gasteiger partial charge is 0.310 e. The van der Waals surface area contributed by atoms with Crippen molar-refractivity contribution in [1.82, 2.24) is 4.90 Å². The van der Waals surface area contributed by atoms with Crippen LogP contribution in [0.25, 0.3) is 0 Å². The second-order valence-electron chi connectivity index (χ2n) is 8.28. The van der Waals surface area contributed by atoms with Crippen LogP contribution in [0.5, 0.6) is 0 Å². The molecule has 2 aromatic rings.